The average molecular weight is 250 g/mol. The van der Waals surface area contributed by atoms with Crippen LogP contribution in [0.4, 0.5) is 0 Å². The largest absolute Gasteiger partial charge is 0.462 e. The molecule has 0 bridgehead atoms. The number of nitrogens with zero attached hydrogens (tertiary/aromatic N) is 1. The van der Waals surface area contributed by atoms with Crippen LogP contribution < -0.4 is 0 Å². The predicted octanol–water partition coefficient (Wildman–Crippen LogP) is 3.37. The van der Waals surface area contributed by atoms with Crippen LogP contribution in [-0.2, 0) is 4.74 Å². The molecule has 0 fully saturated rings. The fourth-order valence-corrected chi connectivity index (χ4v) is 1.89. The van der Waals surface area contributed by atoms with E-state index in [2.05, 4.69) is 4.98 Å². The minimum Gasteiger partial charge on any atom is -0.462 e. The van der Waals surface area contributed by atoms with E-state index in [1.165, 1.54) is 0 Å². The molecule has 88 valence electrons. The smallest absolute Gasteiger partial charge is 0.341 e. The van der Waals surface area contributed by atoms with Crippen LogP contribution in [0.5, 0.6) is 0 Å². The number of fused-ring (bicyclic) bond motifs is 1. The zero-order valence-electron chi connectivity index (χ0n) is 9.66. The minimum absolute atomic E-state index is 0.185. The summed E-state index contributed by atoms with van der Waals surface area (Å²) in [6, 6.07) is 7.49. The first-order chi connectivity index (χ1) is 8.13. The van der Waals surface area contributed by atoms with Crippen molar-refractivity contribution in [3.63, 3.8) is 0 Å². The number of rotatable bonds is 2. The molecule has 0 aliphatic carbocycles. The van der Waals surface area contributed by atoms with Crippen molar-refractivity contribution in [2.75, 3.05) is 6.61 Å². The van der Waals surface area contributed by atoms with E-state index in [0.29, 0.717) is 12.2 Å². The summed E-state index contributed by atoms with van der Waals surface area (Å²) in [7, 11) is 0. The average Bonchev–Trinajstić information content (AvgIpc) is 2.30. The molecule has 2 aromatic rings. The Morgan fingerprint density at radius 2 is 2.24 bits per heavy atom. The van der Waals surface area contributed by atoms with Gasteiger partial charge in [0, 0.05) is 5.39 Å². The molecule has 0 aliphatic rings. The number of aryl methyl sites for hydroxylation is 1. The van der Waals surface area contributed by atoms with E-state index in [0.717, 1.165) is 16.5 Å². The first-order valence-electron chi connectivity index (χ1n) is 5.36. The Morgan fingerprint density at radius 3 is 2.94 bits per heavy atom. The highest BCUT2D eigenvalue weighted by atomic mass is 35.5. The van der Waals surface area contributed by atoms with E-state index in [4.69, 9.17) is 16.3 Å². The maximum Gasteiger partial charge on any atom is 0.341 e. The van der Waals surface area contributed by atoms with Gasteiger partial charge in [-0.15, -0.1) is 0 Å². The van der Waals surface area contributed by atoms with Crippen LogP contribution in [0.15, 0.2) is 24.3 Å². The second kappa shape index (κ2) is 4.72. The Balaban J connectivity index is 2.60. The standard InChI is InChI=1S/C13H12ClNO2/c1-3-17-13(16)10-7-9-6-4-5-8(2)11(9)15-12(10)14/h4-7H,3H2,1-2H3. The number of halogens is 1. The van der Waals surface area contributed by atoms with Gasteiger partial charge in [0.05, 0.1) is 17.7 Å². The van der Waals surface area contributed by atoms with Gasteiger partial charge in [0.15, 0.2) is 0 Å². The van der Waals surface area contributed by atoms with Gasteiger partial charge in [-0.3, -0.25) is 0 Å². The molecule has 1 heterocycles. The molecule has 0 aliphatic heterocycles. The third kappa shape index (κ3) is 2.24. The summed E-state index contributed by atoms with van der Waals surface area (Å²) in [6.07, 6.45) is 0. The molecule has 0 unspecified atom stereocenters. The molecular weight excluding hydrogens is 238 g/mol. The zero-order valence-corrected chi connectivity index (χ0v) is 10.4. The SMILES string of the molecule is CCOC(=O)c1cc2cccc(C)c2nc1Cl. The first-order valence-corrected chi connectivity index (χ1v) is 5.74. The summed E-state index contributed by atoms with van der Waals surface area (Å²) in [5.74, 6) is -0.437. The highest BCUT2D eigenvalue weighted by Crippen LogP contribution is 2.23. The van der Waals surface area contributed by atoms with Crippen molar-refractivity contribution in [2.45, 2.75) is 13.8 Å². The molecule has 0 saturated carbocycles. The quantitative estimate of drug-likeness (QED) is 0.605. The van der Waals surface area contributed by atoms with Crippen LogP contribution in [0, 0.1) is 6.92 Å². The van der Waals surface area contributed by atoms with Gasteiger partial charge < -0.3 is 4.74 Å². The lowest BCUT2D eigenvalue weighted by atomic mass is 10.1. The van der Waals surface area contributed by atoms with Crippen molar-refractivity contribution in [2.24, 2.45) is 0 Å². The number of esters is 1. The normalized spacial score (nSPS) is 10.5. The van der Waals surface area contributed by atoms with Crippen LogP contribution >= 0.6 is 11.6 Å². The van der Waals surface area contributed by atoms with E-state index in [1.807, 2.05) is 25.1 Å². The van der Waals surface area contributed by atoms with Crippen molar-refractivity contribution in [1.82, 2.24) is 4.98 Å². The van der Waals surface area contributed by atoms with Crippen molar-refractivity contribution in [3.05, 3.63) is 40.5 Å². The molecule has 3 nitrogen and oxygen atoms in total. The summed E-state index contributed by atoms with van der Waals surface area (Å²) in [6.45, 7) is 4.03. The summed E-state index contributed by atoms with van der Waals surface area (Å²) in [5, 5.41) is 1.07. The van der Waals surface area contributed by atoms with Crippen molar-refractivity contribution in [1.29, 1.82) is 0 Å². The van der Waals surface area contributed by atoms with Crippen LogP contribution in [0.25, 0.3) is 10.9 Å². The number of hydrogen-bond acceptors (Lipinski definition) is 3. The van der Waals surface area contributed by atoms with Crippen molar-refractivity contribution in [3.8, 4) is 0 Å². The monoisotopic (exact) mass is 249 g/mol. The van der Waals surface area contributed by atoms with Gasteiger partial charge in [-0.05, 0) is 25.5 Å². The van der Waals surface area contributed by atoms with E-state index >= 15 is 0 Å². The molecule has 0 radical (unpaired) electrons. The highest BCUT2D eigenvalue weighted by molar-refractivity contribution is 6.33. The van der Waals surface area contributed by atoms with Crippen LogP contribution in [0.2, 0.25) is 5.15 Å². The van der Waals surface area contributed by atoms with E-state index < -0.39 is 5.97 Å². The molecule has 1 aromatic carbocycles. The highest BCUT2D eigenvalue weighted by Gasteiger charge is 2.14. The number of para-hydroxylation sites is 1. The number of carbonyl (C=O) groups excluding carboxylic acids is 1. The molecule has 0 N–H and O–H groups in total. The molecule has 0 saturated heterocycles. The predicted molar refractivity (Wildman–Crippen MR) is 67.4 cm³/mol. The molecule has 0 atom stereocenters. The van der Waals surface area contributed by atoms with Gasteiger partial charge in [0.1, 0.15) is 5.15 Å². The summed E-state index contributed by atoms with van der Waals surface area (Å²) in [4.78, 5) is 15.9. The van der Waals surface area contributed by atoms with Gasteiger partial charge in [-0.2, -0.15) is 0 Å². The summed E-state index contributed by atoms with van der Waals surface area (Å²) < 4.78 is 4.92. The Bertz CT molecular complexity index is 581. The third-order valence-corrected chi connectivity index (χ3v) is 2.78. The number of aromatic nitrogens is 1. The summed E-state index contributed by atoms with van der Waals surface area (Å²) >= 11 is 5.99. The lowest BCUT2D eigenvalue weighted by Crippen LogP contribution is -2.06. The van der Waals surface area contributed by atoms with E-state index in [9.17, 15) is 4.79 Å². The topological polar surface area (TPSA) is 39.2 Å². The summed E-state index contributed by atoms with van der Waals surface area (Å²) in [5.41, 5.74) is 2.15. The Labute approximate surface area is 104 Å². The van der Waals surface area contributed by atoms with Gasteiger partial charge >= 0.3 is 5.97 Å². The molecule has 0 amide bonds. The minimum atomic E-state index is -0.437. The number of ether oxygens (including phenoxy) is 1. The Morgan fingerprint density at radius 1 is 1.47 bits per heavy atom. The maximum absolute atomic E-state index is 11.6. The maximum atomic E-state index is 11.6. The van der Waals surface area contributed by atoms with Gasteiger partial charge in [-0.1, -0.05) is 29.8 Å². The molecule has 1 aromatic heterocycles. The van der Waals surface area contributed by atoms with E-state index in [1.54, 1.807) is 13.0 Å². The Hall–Kier alpha value is -1.61. The van der Waals surface area contributed by atoms with Crippen molar-refractivity contribution < 1.29 is 9.53 Å². The van der Waals surface area contributed by atoms with Crippen LogP contribution in [0.1, 0.15) is 22.8 Å². The van der Waals surface area contributed by atoms with Crippen molar-refractivity contribution >= 4 is 28.5 Å². The zero-order chi connectivity index (χ0) is 12.4. The van der Waals surface area contributed by atoms with Crippen LogP contribution in [-0.4, -0.2) is 17.6 Å². The second-order valence-corrected chi connectivity index (χ2v) is 4.05. The number of benzene rings is 1. The second-order valence-electron chi connectivity index (χ2n) is 3.69. The van der Waals surface area contributed by atoms with Gasteiger partial charge in [0.2, 0.25) is 0 Å². The van der Waals surface area contributed by atoms with E-state index in [-0.39, 0.29) is 5.15 Å². The molecule has 17 heavy (non-hydrogen) atoms. The molecule has 4 heteroatoms. The third-order valence-electron chi connectivity index (χ3n) is 2.50. The lowest BCUT2D eigenvalue weighted by Gasteiger charge is -2.06. The first kappa shape index (κ1) is 11.9. The molecular formula is C13H12ClNO2. The van der Waals surface area contributed by atoms with Gasteiger partial charge in [0.25, 0.3) is 0 Å². The molecule has 0 spiro atoms. The molecule has 2 rings (SSSR count). The number of pyridine rings is 1. The van der Waals surface area contributed by atoms with Gasteiger partial charge in [-0.25, -0.2) is 9.78 Å². The van der Waals surface area contributed by atoms with Crippen LogP contribution in [0.3, 0.4) is 0 Å². The number of hydrogen-bond donors (Lipinski definition) is 0. The fourth-order valence-electron chi connectivity index (χ4n) is 1.68. The Kier molecular flexibility index (Phi) is 3.29. The fraction of sp³-hybridized carbons (Fsp3) is 0.231. The number of carbonyl (C=O) groups is 1. The lowest BCUT2D eigenvalue weighted by molar-refractivity contribution is 0.0526.